The highest BCUT2D eigenvalue weighted by Gasteiger charge is 2.08. The monoisotopic (exact) mass is 288 g/mol. The molecule has 1 aromatic carbocycles. The molecule has 0 aliphatic rings. The minimum atomic E-state index is -0.112. The maximum Gasteiger partial charge on any atom is 0.243 e. The topological polar surface area (TPSA) is 84.7 Å². The van der Waals surface area contributed by atoms with Crippen molar-refractivity contribution in [3.05, 3.63) is 29.8 Å². The number of hydrogen-bond acceptors (Lipinski definition) is 5. The second-order valence-corrected chi connectivity index (χ2v) is 4.82. The fourth-order valence-corrected chi connectivity index (χ4v) is 1.81. The van der Waals surface area contributed by atoms with Crippen LogP contribution in [0.2, 0.25) is 0 Å². The summed E-state index contributed by atoms with van der Waals surface area (Å²) >= 11 is 0. The number of benzene rings is 1. The summed E-state index contributed by atoms with van der Waals surface area (Å²) in [4.78, 5) is 13.0. The second kappa shape index (κ2) is 7.49. The number of nitrogens with one attached hydrogen (secondary N) is 2. The highest BCUT2D eigenvalue weighted by molar-refractivity contribution is 5.75. The van der Waals surface area contributed by atoms with Crippen molar-refractivity contribution < 1.29 is 4.79 Å². The van der Waals surface area contributed by atoms with Crippen LogP contribution in [0.1, 0.15) is 12.0 Å². The van der Waals surface area contributed by atoms with Gasteiger partial charge in [-0.15, -0.1) is 10.2 Å². The lowest BCUT2D eigenvalue weighted by molar-refractivity contribution is -0.122. The summed E-state index contributed by atoms with van der Waals surface area (Å²) in [6.07, 6.45) is 0.891. The highest BCUT2D eigenvalue weighted by Crippen LogP contribution is 2.13. The SMILES string of the molecule is CNCCCNC(=O)Cn1nnc(-c2ccc(C)cc2)n1. The molecule has 0 aliphatic heterocycles. The number of tetrazole rings is 1. The van der Waals surface area contributed by atoms with E-state index in [4.69, 9.17) is 0 Å². The van der Waals surface area contributed by atoms with E-state index < -0.39 is 0 Å². The minimum absolute atomic E-state index is 0.0818. The molecule has 112 valence electrons. The Labute approximate surface area is 123 Å². The number of amides is 1. The summed E-state index contributed by atoms with van der Waals surface area (Å²) in [7, 11) is 1.88. The standard InChI is InChI=1S/C14H20N6O/c1-11-4-6-12(7-5-11)14-17-19-20(18-14)10-13(21)16-9-3-8-15-2/h4-7,15H,3,8-10H2,1-2H3,(H,16,21). The summed E-state index contributed by atoms with van der Waals surface area (Å²) in [5, 5.41) is 17.9. The first-order valence-corrected chi connectivity index (χ1v) is 6.95. The number of nitrogens with zero attached hydrogens (tertiary/aromatic N) is 4. The number of aromatic nitrogens is 4. The summed E-state index contributed by atoms with van der Waals surface area (Å²) < 4.78 is 0. The van der Waals surface area contributed by atoms with Crippen LogP contribution in [0.25, 0.3) is 11.4 Å². The molecule has 2 N–H and O–H groups in total. The van der Waals surface area contributed by atoms with Crippen LogP contribution in [0.4, 0.5) is 0 Å². The highest BCUT2D eigenvalue weighted by atomic mass is 16.2. The molecule has 21 heavy (non-hydrogen) atoms. The maximum atomic E-state index is 11.7. The summed E-state index contributed by atoms with van der Waals surface area (Å²) in [6.45, 7) is 3.61. The van der Waals surface area contributed by atoms with E-state index in [9.17, 15) is 4.79 Å². The molecule has 7 nitrogen and oxygen atoms in total. The van der Waals surface area contributed by atoms with Crippen molar-refractivity contribution in [1.29, 1.82) is 0 Å². The van der Waals surface area contributed by atoms with Gasteiger partial charge in [0, 0.05) is 12.1 Å². The first kappa shape index (κ1) is 15.1. The fraction of sp³-hybridized carbons (Fsp3) is 0.429. The van der Waals surface area contributed by atoms with Crippen molar-refractivity contribution in [2.75, 3.05) is 20.1 Å². The number of aryl methyl sites for hydroxylation is 1. The van der Waals surface area contributed by atoms with Crippen LogP contribution >= 0.6 is 0 Å². The molecular formula is C14H20N6O. The average Bonchev–Trinajstić information content (AvgIpc) is 2.93. The lowest BCUT2D eigenvalue weighted by Gasteiger charge is -2.03. The van der Waals surface area contributed by atoms with E-state index in [2.05, 4.69) is 26.0 Å². The molecule has 7 heteroatoms. The molecule has 1 aromatic heterocycles. The van der Waals surface area contributed by atoms with Crippen molar-refractivity contribution in [3.8, 4) is 11.4 Å². The van der Waals surface area contributed by atoms with Gasteiger partial charge in [-0.05, 0) is 32.2 Å². The van der Waals surface area contributed by atoms with Crippen molar-refractivity contribution in [2.45, 2.75) is 19.9 Å². The first-order valence-electron chi connectivity index (χ1n) is 6.95. The average molecular weight is 288 g/mol. The van der Waals surface area contributed by atoms with E-state index in [0.29, 0.717) is 12.4 Å². The quantitative estimate of drug-likeness (QED) is 0.719. The molecule has 0 saturated carbocycles. The molecule has 0 aliphatic carbocycles. The third-order valence-electron chi connectivity index (χ3n) is 2.97. The van der Waals surface area contributed by atoms with E-state index in [0.717, 1.165) is 18.5 Å². The Kier molecular flexibility index (Phi) is 5.39. The van der Waals surface area contributed by atoms with Gasteiger partial charge < -0.3 is 10.6 Å². The molecule has 1 amide bonds. The Morgan fingerprint density at radius 1 is 1.24 bits per heavy atom. The van der Waals surface area contributed by atoms with Crippen LogP contribution in [0.3, 0.4) is 0 Å². The summed E-state index contributed by atoms with van der Waals surface area (Å²) in [5.41, 5.74) is 2.06. The molecule has 2 aromatic rings. The normalized spacial score (nSPS) is 10.6. The van der Waals surface area contributed by atoms with Gasteiger partial charge >= 0.3 is 0 Å². The predicted molar refractivity (Wildman–Crippen MR) is 79.5 cm³/mol. The van der Waals surface area contributed by atoms with Gasteiger partial charge in [0.25, 0.3) is 0 Å². The van der Waals surface area contributed by atoms with Crippen LogP contribution in [0, 0.1) is 6.92 Å². The van der Waals surface area contributed by atoms with Crippen LogP contribution in [0.15, 0.2) is 24.3 Å². The van der Waals surface area contributed by atoms with Crippen molar-refractivity contribution in [2.24, 2.45) is 0 Å². The van der Waals surface area contributed by atoms with Gasteiger partial charge in [0.15, 0.2) is 0 Å². The molecule has 0 atom stereocenters. The van der Waals surface area contributed by atoms with Crippen molar-refractivity contribution >= 4 is 5.91 Å². The van der Waals surface area contributed by atoms with E-state index in [1.54, 1.807) is 0 Å². The van der Waals surface area contributed by atoms with Gasteiger partial charge in [0.05, 0.1) is 0 Å². The Hall–Kier alpha value is -2.28. The van der Waals surface area contributed by atoms with Gasteiger partial charge in [-0.25, -0.2) is 0 Å². The smallest absolute Gasteiger partial charge is 0.243 e. The van der Waals surface area contributed by atoms with E-state index in [1.807, 2.05) is 38.2 Å². The molecule has 0 radical (unpaired) electrons. The van der Waals surface area contributed by atoms with Crippen molar-refractivity contribution in [3.63, 3.8) is 0 Å². The molecule has 0 saturated heterocycles. The lowest BCUT2D eigenvalue weighted by atomic mass is 10.1. The summed E-state index contributed by atoms with van der Waals surface area (Å²) in [6, 6.07) is 7.86. The molecule has 0 spiro atoms. The zero-order valence-electron chi connectivity index (χ0n) is 12.3. The van der Waals surface area contributed by atoms with E-state index in [-0.39, 0.29) is 12.5 Å². The molecule has 0 unspecified atom stereocenters. The molecule has 0 bridgehead atoms. The van der Waals surface area contributed by atoms with Crippen LogP contribution in [0.5, 0.6) is 0 Å². The third-order valence-corrected chi connectivity index (χ3v) is 2.97. The number of hydrogen-bond donors (Lipinski definition) is 2. The number of carbonyl (C=O) groups excluding carboxylic acids is 1. The fourth-order valence-electron chi connectivity index (χ4n) is 1.81. The van der Waals surface area contributed by atoms with E-state index >= 15 is 0 Å². The maximum absolute atomic E-state index is 11.7. The van der Waals surface area contributed by atoms with Crippen LogP contribution in [-0.2, 0) is 11.3 Å². The number of carbonyl (C=O) groups is 1. The minimum Gasteiger partial charge on any atom is -0.354 e. The Bertz CT molecular complexity index is 577. The van der Waals surface area contributed by atoms with Gasteiger partial charge in [-0.2, -0.15) is 4.80 Å². The van der Waals surface area contributed by atoms with Gasteiger partial charge in [0.2, 0.25) is 11.7 Å². The predicted octanol–water partition coefficient (Wildman–Crippen LogP) is 0.374. The Balaban J connectivity index is 1.88. The third kappa shape index (κ3) is 4.64. The zero-order chi connectivity index (χ0) is 15.1. The Morgan fingerprint density at radius 2 is 2.00 bits per heavy atom. The Morgan fingerprint density at radius 3 is 2.71 bits per heavy atom. The zero-order valence-corrected chi connectivity index (χ0v) is 12.3. The van der Waals surface area contributed by atoms with Gasteiger partial charge in [0.1, 0.15) is 6.54 Å². The van der Waals surface area contributed by atoms with Gasteiger partial charge in [-0.3, -0.25) is 4.79 Å². The lowest BCUT2D eigenvalue weighted by Crippen LogP contribution is -2.30. The van der Waals surface area contributed by atoms with Crippen molar-refractivity contribution in [1.82, 2.24) is 30.8 Å². The van der Waals surface area contributed by atoms with E-state index in [1.165, 1.54) is 10.4 Å². The first-order chi connectivity index (χ1) is 10.2. The molecule has 1 heterocycles. The molecule has 0 fully saturated rings. The number of rotatable bonds is 7. The summed E-state index contributed by atoms with van der Waals surface area (Å²) in [5.74, 6) is 0.414. The largest absolute Gasteiger partial charge is 0.354 e. The molecular weight excluding hydrogens is 268 g/mol. The van der Waals surface area contributed by atoms with Gasteiger partial charge in [-0.1, -0.05) is 29.8 Å². The van der Waals surface area contributed by atoms with Crippen LogP contribution in [-0.4, -0.2) is 46.3 Å². The van der Waals surface area contributed by atoms with Crippen LogP contribution < -0.4 is 10.6 Å². The second-order valence-electron chi connectivity index (χ2n) is 4.82. The molecule has 2 rings (SSSR count).